The molecule has 0 aliphatic rings. The van der Waals surface area contributed by atoms with Crippen molar-refractivity contribution in [3.05, 3.63) is 29.3 Å². The van der Waals surface area contributed by atoms with Gasteiger partial charge in [0.1, 0.15) is 11.6 Å². The summed E-state index contributed by atoms with van der Waals surface area (Å²) in [4.78, 5) is 25.4. The van der Waals surface area contributed by atoms with Crippen molar-refractivity contribution in [3.63, 3.8) is 0 Å². The van der Waals surface area contributed by atoms with Crippen LogP contribution in [0, 0.1) is 11.3 Å². The fraction of sp³-hybridized carbons (Fsp3) is 0.421. The molecule has 0 spiro atoms. The number of nitrogens with zero attached hydrogens (tertiary/aromatic N) is 2. The van der Waals surface area contributed by atoms with E-state index in [1.54, 1.807) is 30.0 Å². The molecule has 0 radical (unpaired) electrons. The first-order valence-corrected chi connectivity index (χ1v) is 8.38. The molecule has 140 valence electrons. The molecular formula is C19H24N2O5. The molecule has 0 bridgehead atoms. The second-order valence-electron chi connectivity index (χ2n) is 5.16. The van der Waals surface area contributed by atoms with E-state index >= 15 is 0 Å². The molecule has 0 fully saturated rings. The number of carbonyl (C=O) groups excluding carboxylic acids is 2. The zero-order chi connectivity index (χ0) is 19.5. The highest BCUT2D eigenvalue weighted by atomic mass is 16.5. The van der Waals surface area contributed by atoms with Crippen molar-refractivity contribution in [2.45, 2.75) is 20.8 Å². The summed E-state index contributed by atoms with van der Waals surface area (Å²) in [5.74, 6) is 0.00117. The van der Waals surface area contributed by atoms with Crippen LogP contribution in [0.1, 0.15) is 26.3 Å². The van der Waals surface area contributed by atoms with Gasteiger partial charge in [-0.3, -0.25) is 4.79 Å². The van der Waals surface area contributed by atoms with E-state index in [1.807, 2.05) is 19.9 Å². The smallest absolute Gasteiger partial charge is 0.348 e. The van der Waals surface area contributed by atoms with Crippen molar-refractivity contribution in [2.75, 3.05) is 33.4 Å². The second-order valence-corrected chi connectivity index (χ2v) is 5.16. The normalized spacial score (nSPS) is 10.7. The molecule has 0 saturated heterocycles. The maximum absolute atomic E-state index is 12.0. The Balaban J connectivity index is 2.95. The number of amides is 1. The number of methoxy groups -OCH3 is 1. The van der Waals surface area contributed by atoms with E-state index in [-0.39, 0.29) is 24.7 Å². The average molecular weight is 360 g/mol. The molecule has 7 nitrogen and oxygen atoms in total. The topological polar surface area (TPSA) is 88.9 Å². The van der Waals surface area contributed by atoms with Crippen molar-refractivity contribution in [3.8, 4) is 17.6 Å². The molecule has 0 aliphatic carbocycles. The Kier molecular flexibility index (Phi) is 8.71. The summed E-state index contributed by atoms with van der Waals surface area (Å²) in [6.07, 6.45) is 1.41. The monoisotopic (exact) mass is 360 g/mol. The number of likely N-dealkylation sites (N-methyl/N-ethyl adjacent to an activating group) is 1. The van der Waals surface area contributed by atoms with Crippen molar-refractivity contribution < 1.29 is 23.8 Å². The maximum atomic E-state index is 12.0. The Hall–Kier alpha value is -3.01. The van der Waals surface area contributed by atoms with Crippen LogP contribution < -0.4 is 9.47 Å². The molecular weight excluding hydrogens is 336 g/mol. The van der Waals surface area contributed by atoms with Crippen molar-refractivity contribution in [2.24, 2.45) is 0 Å². The lowest BCUT2D eigenvalue weighted by Crippen LogP contribution is -2.34. The Morgan fingerprint density at radius 2 is 1.88 bits per heavy atom. The number of nitriles is 1. The van der Waals surface area contributed by atoms with Gasteiger partial charge in [-0.05, 0) is 44.5 Å². The van der Waals surface area contributed by atoms with Gasteiger partial charge in [0.2, 0.25) is 0 Å². The van der Waals surface area contributed by atoms with Gasteiger partial charge in [0, 0.05) is 13.1 Å². The minimum atomic E-state index is -0.681. The van der Waals surface area contributed by atoms with Gasteiger partial charge in [0.05, 0.1) is 13.7 Å². The molecule has 7 heteroatoms. The Bertz CT molecular complexity index is 702. The van der Waals surface area contributed by atoms with E-state index in [9.17, 15) is 9.59 Å². The van der Waals surface area contributed by atoms with Crippen LogP contribution in [0.3, 0.4) is 0 Å². The van der Waals surface area contributed by atoms with E-state index in [1.165, 1.54) is 13.2 Å². The molecule has 1 aromatic carbocycles. The average Bonchev–Trinajstić information content (AvgIpc) is 2.65. The minimum Gasteiger partial charge on any atom is -0.493 e. The van der Waals surface area contributed by atoms with Crippen molar-refractivity contribution in [1.82, 2.24) is 4.90 Å². The molecule has 0 aromatic heterocycles. The second kappa shape index (κ2) is 10.8. The summed E-state index contributed by atoms with van der Waals surface area (Å²) in [7, 11) is 1.47. The zero-order valence-corrected chi connectivity index (χ0v) is 15.6. The van der Waals surface area contributed by atoms with Crippen LogP contribution in [0.5, 0.6) is 11.5 Å². The fourth-order valence-electron chi connectivity index (χ4n) is 2.21. The van der Waals surface area contributed by atoms with Crippen LogP contribution in [-0.4, -0.2) is 50.2 Å². The van der Waals surface area contributed by atoms with Gasteiger partial charge in [0.15, 0.2) is 18.1 Å². The third-order valence-electron chi connectivity index (χ3n) is 3.58. The van der Waals surface area contributed by atoms with Gasteiger partial charge in [-0.15, -0.1) is 0 Å². The van der Waals surface area contributed by atoms with Crippen LogP contribution in [0.4, 0.5) is 0 Å². The third-order valence-corrected chi connectivity index (χ3v) is 3.58. The molecule has 0 heterocycles. The molecule has 26 heavy (non-hydrogen) atoms. The minimum absolute atomic E-state index is 0.0977. The van der Waals surface area contributed by atoms with E-state index in [4.69, 9.17) is 19.5 Å². The lowest BCUT2D eigenvalue weighted by molar-refractivity contribution is -0.138. The summed E-state index contributed by atoms with van der Waals surface area (Å²) in [6.45, 7) is 6.79. The van der Waals surface area contributed by atoms with Crippen LogP contribution in [0.15, 0.2) is 23.8 Å². The molecule has 0 unspecified atom stereocenters. The van der Waals surface area contributed by atoms with E-state index < -0.39 is 5.97 Å². The number of carbonyl (C=O) groups is 2. The summed E-state index contributed by atoms with van der Waals surface area (Å²) >= 11 is 0. The zero-order valence-electron chi connectivity index (χ0n) is 15.6. The molecule has 1 aromatic rings. The van der Waals surface area contributed by atoms with E-state index in [0.717, 1.165) is 0 Å². The first-order chi connectivity index (χ1) is 12.5. The highest BCUT2D eigenvalue weighted by molar-refractivity contribution is 5.97. The lowest BCUT2D eigenvalue weighted by atomic mass is 10.1. The SMILES string of the molecule is CCOC(=O)/C(C#N)=C\c1ccc(OCC(=O)N(CC)CC)c(OC)c1. The summed E-state index contributed by atoms with van der Waals surface area (Å²) in [6, 6.07) is 6.72. The molecule has 0 N–H and O–H groups in total. The van der Waals surface area contributed by atoms with Crippen LogP contribution in [0.25, 0.3) is 6.08 Å². The van der Waals surface area contributed by atoms with Crippen molar-refractivity contribution in [1.29, 1.82) is 5.26 Å². The van der Waals surface area contributed by atoms with Gasteiger partial charge in [-0.25, -0.2) is 4.79 Å². The number of hydrogen-bond donors (Lipinski definition) is 0. The van der Waals surface area contributed by atoms with Crippen molar-refractivity contribution >= 4 is 18.0 Å². The number of benzene rings is 1. The predicted octanol–water partition coefficient (Wildman–Crippen LogP) is 2.41. The molecule has 0 aliphatic heterocycles. The number of hydrogen-bond acceptors (Lipinski definition) is 6. The van der Waals surface area contributed by atoms with Crippen LogP contribution in [-0.2, 0) is 14.3 Å². The van der Waals surface area contributed by atoms with E-state index in [2.05, 4.69) is 0 Å². The van der Waals surface area contributed by atoms with Crippen LogP contribution in [0.2, 0.25) is 0 Å². The molecule has 1 rings (SSSR count). The third kappa shape index (κ3) is 5.81. The molecule has 0 atom stereocenters. The fourth-order valence-corrected chi connectivity index (χ4v) is 2.21. The summed E-state index contributed by atoms with van der Waals surface area (Å²) in [5.41, 5.74) is 0.466. The highest BCUT2D eigenvalue weighted by Gasteiger charge is 2.14. The largest absolute Gasteiger partial charge is 0.493 e. The molecule has 0 saturated carbocycles. The Labute approximate surface area is 153 Å². The Morgan fingerprint density at radius 1 is 1.19 bits per heavy atom. The summed E-state index contributed by atoms with van der Waals surface area (Å²) < 4.78 is 15.7. The summed E-state index contributed by atoms with van der Waals surface area (Å²) in [5, 5.41) is 9.09. The standard InChI is InChI=1S/C19H24N2O5/c1-5-21(6-2)18(22)13-26-16-9-8-14(11-17(16)24-4)10-15(12-20)19(23)25-7-3/h8-11H,5-7,13H2,1-4H3/b15-10-. The van der Waals surface area contributed by atoms with Gasteiger partial charge >= 0.3 is 5.97 Å². The van der Waals surface area contributed by atoms with E-state index in [0.29, 0.717) is 30.2 Å². The highest BCUT2D eigenvalue weighted by Crippen LogP contribution is 2.29. The first-order valence-electron chi connectivity index (χ1n) is 8.38. The predicted molar refractivity (Wildman–Crippen MR) is 96.6 cm³/mol. The molecule has 1 amide bonds. The van der Waals surface area contributed by atoms with Crippen LogP contribution >= 0.6 is 0 Å². The van der Waals surface area contributed by atoms with Gasteiger partial charge in [-0.1, -0.05) is 6.07 Å². The quantitative estimate of drug-likeness (QED) is 0.382. The number of rotatable bonds is 9. The van der Waals surface area contributed by atoms with Gasteiger partial charge < -0.3 is 19.1 Å². The lowest BCUT2D eigenvalue weighted by Gasteiger charge is -2.19. The van der Waals surface area contributed by atoms with Gasteiger partial charge in [-0.2, -0.15) is 5.26 Å². The van der Waals surface area contributed by atoms with Gasteiger partial charge in [0.25, 0.3) is 5.91 Å². The first kappa shape index (κ1) is 21.0. The Morgan fingerprint density at radius 3 is 2.42 bits per heavy atom. The number of esters is 1. The number of ether oxygens (including phenoxy) is 3. The maximum Gasteiger partial charge on any atom is 0.348 e.